The van der Waals surface area contributed by atoms with Gasteiger partial charge in [0, 0.05) is 18.8 Å². The van der Waals surface area contributed by atoms with Crippen molar-refractivity contribution in [1.82, 2.24) is 15.2 Å². The molecule has 1 aromatic rings. The van der Waals surface area contributed by atoms with Gasteiger partial charge in [-0.3, -0.25) is 9.78 Å². The van der Waals surface area contributed by atoms with E-state index >= 15 is 0 Å². The number of pyridine rings is 1. The number of carbonyl (C=O) groups excluding carboxylic acids is 1. The zero-order chi connectivity index (χ0) is 16.2. The minimum atomic E-state index is -0.761. The molecule has 0 radical (unpaired) electrons. The average Bonchev–Trinajstić information content (AvgIpc) is 2.59. The molecule has 1 saturated heterocycles. The Morgan fingerprint density at radius 3 is 2.70 bits per heavy atom. The van der Waals surface area contributed by atoms with Gasteiger partial charge < -0.3 is 15.3 Å². The molecule has 1 aromatic heterocycles. The molecule has 0 unspecified atom stereocenters. The van der Waals surface area contributed by atoms with Crippen molar-refractivity contribution in [1.29, 1.82) is 0 Å². The van der Waals surface area contributed by atoms with Crippen LogP contribution in [0.15, 0.2) is 12.1 Å². The second kappa shape index (κ2) is 6.98. The summed E-state index contributed by atoms with van der Waals surface area (Å²) in [5.41, 5.74) is 3.40. The fourth-order valence-electron chi connectivity index (χ4n) is 3.33. The molecule has 1 aliphatic carbocycles. The van der Waals surface area contributed by atoms with Gasteiger partial charge in [0.25, 0.3) is 0 Å². The molecule has 3 rings (SSSR count). The Hall–Kier alpha value is -2.11. The summed E-state index contributed by atoms with van der Waals surface area (Å²) in [4.78, 5) is 29.5. The minimum absolute atomic E-state index is 0.131. The van der Waals surface area contributed by atoms with E-state index in [-0.39, 0.29) is 11.9 Å². The first-order valence-corrected chi connectivity index (χ1v) is 8.37. The van der Waals surface area contributed by atoms with Gasteiger partial charge in [0.05, 0.1) is 18.2 Å². The van der Waals surface area contributed by atoms with E-state index in [4.69, 9.17) is 5.11 Å². The van der Waals surface area contributed by atoms with Gasteiger partial charge in [0.2, 0.25) is 0 Å². The van der Waals surface area contributed by atoms with Gasteiger partial charge in [-0.05, 0) is 50.2 Å². The lowest BCUT2D eigenvalue weighted by Gasteiger charge is -2.30. The van der Waals surface area contributed by atoms with Crippen LogP contribution in [0.4, 0.5) is 4.79 Å². The van der Waals surface area contributed by atoms with Crippen molar-refractivity contribution < 1.29 is 14.7 Å². The van der Waals surface area contributed by atoms with Crippen molar-refractivity contribution >= 4 is 12.0 Å². The van der Waals surface area contributed by atoms with E-state index in [0.29, 0.717) is 32.5 Å². The van der Waals surface area contributed by atoms with E-state index in [9.17, 15) is 9.59 Å². The third-order valence-corrected chi connectivity index (χ3v) is 4.79. The molecule has 2 aliphatic rings. The van der Waals surface area contributed by atoms with Crippen LogP contribution < -0.4 is 5.32 Å². The minimum Gasteiger partial charge on any atom is -0.481 e. The maximum absolute atomic E-state index is 12.2. The molecule has 23 heavy (non-hydrogen) atoms. The molecule has 2 amide bonds. The van der Waals surface area contributed by atoms with Crippen LogP contribution in [0.3, 0.4) is 0 Å². The van der Waals surface area contributed by atoms with E-state index in [2.05, 4.69) is 16.4 Å². The number of fused-ring (bicyclic) bond motifs is 1. The number of hydrogen-bond acceptors (Lipinski definition) is 3. The Balaban J connectivity index is 1.50. The molecule has 124 valence electrons. The molecule has 0 bridgehead atoms. The molecule has 6 nitrogen and oxygen atoms in total. The number of carboxylic acid groups (broad SMARTS) is 1. The van der Waals surface area contributed by atoms with Crippen LogP contribution in [0.1, 0.15) is 42.6 Å². The highest BCUT2D eigenvalue weighted by Gasteiger charge is 2.26. The lowest BCUT2D eigenvalue weighted by Crippen LogP contribution is -2.45. The van der Waals surface area contributed by atoms with Gasteiger partial charge in [-0.15, -0.1) is 0 Å². The highest BCUT2D eigenvalue weighted by Crippen LogP contribution is 2.20. The zero-order valence-electron chi connectivity index (χ0n) is 13.3. The van der Waals surface area contributed by atoms with Crippen molar-refractivity contribution in [3.05, 3.63) is 29.1 Å². The SMILES string of the molecule is O=C(O)C1CCN(C(=O)NCc2ccc3c(n2)CCCC3)CC1. The Bertz CT molecular complexity index is 595. The van der Waals surface area contributed by atoms with Crippen molar-refractivity contribution in [3.63, 3.8) is 0 Å². The predicted molar refractivity (Wildman–Crippen MR) is 85.0 cm³/mol. The molecule has 6 heteroatoms. The Kier molecular flexibility index (Phi) is 4.79. The van der Waals surface area contributed by atoms with E-state index in [1.165, 1.54) is 24.1 Å². The molecule has 0 saturated carbocycles. The number of aryl methyl sites for hydroxylation is 2. The summed E-state index contributed by atoms with van der Waals surface area (Å²) in [5.74, 6) is -1.08. The molecular formula is C17H23N3O3. The van der Waals surface area contributed by atoms with Crippen LogP contribution in [-0.2, 0) is 24.2 Å². The number of piperidine rings is 1. The van der Waals surface area contributed by atoms with Crippen molar-refractivity contribution in [2.75, 3.05) is 13.1 Å². The monoisotopic (exact) mass is 317 g/mol. The van der Waals surface area contributed by atoms with Crippen molar-refractivity contribution in [2.24, 2.45) is 5.92 Å². The Morgan fingerprint density at radius 2 is 1.96 bits per heavy atom. The first-order valence-electron chi connectivity index (χ1n) is 8.37. The lowest BCUT2D eigenvalue weighted by molar-refractivity contribution is -0.143. The molecule has 0 spiro atoms. The predicted octanol–water partition coefficient (Wildman–Crippen LogP) is 1.97. The van der Waals surface area contributed by atoms with Gasteiger partial charge in [-0.1, -0.05) is 6.07 Å². The van der Waals surface area contributed by atoms with Gasteiger partial charge in [0.1, 0.15) is 0 Å². The second-order valence-corrected chi connectivity index (χ2v) is 6.37. The van der Waals surface area contributed by atoms with Gasteiger partial charge in [-0.2, -0.15) is 0 Å². The largest absolute Gasteiger partial charge is 0.481 e. The summed E-state index contributed by atoms with van der Waals surface area (Å²) in [6, 6.07) is 3.98. The topological polar surface area (TPSA) is 82.5 Å². The summed E-state index contributed by atoms with van der Waals surface area (Å²) in [7, 11) is 0. The van der Waals surface area contributed by atoms with Crippen LogP contribution in [0.2, 0.25) is 0 Å². The fourth-order valence-corrected chi connectivity index (χ4v) is 3.33. The standard InChI is InChI=1S/C17H23N3O3/c21-16(22)13-7-9-20(10-8-13)17(23)18-11-14-6-5-12-3-1-2-4-15(12)19-14/h5-6,13H,1-4,7-11H2,(H,18,23)(H,21,22). The number of carbonyl (C=O) groups is 2. The quantitative estimate of drug-likeness (QED) is 0.893. The van der Waals surface area contributed by atoms with Gasteiger partial charge in [-0.25, -0.2) is 4.79 Å². The van der Waals surface area contributed by atoms with E-state index in [1.54, 1.807) is 4.90 Å². The zero-order valence-corrected chi connectivity index (χ0v) is 13.3. The van der Waals surface area contributed by atoms with Crippen LogP contribution in [0.25, 0.3) is 0 Å². The molecule has 1 fully saturated rings. The maximum atomic E-state index is 12.2. The Morgan fingerprint density at radius 1 is 1.22 bits per heavy atom. The summed E-state index contributed by atoms with van der Waals surface area (Å²) in [6.45, 7) is 1.42. The Labute approximate surface area is 135 Å². The van der Waals surface area contributed by atoms with Gasteiger partial charge >= 0.3 is 12.0 Å². The summed E-state index contributed by atoms with van der Waals surface area (Å²) in [5, 5.41) is 11.9. The number of likely N-dealkylation sites (tertiary alicyclic amines) is 1. The second-order valence-electron chi connectivity index (χ2n) is 6.37. The molecular weight excluding hydrogens is 294 g/mol. The number of aliphatic carboxylic acids is 1. The third kappa shape index (κ3) is 3.81. The highest BCUT2D eigenvalue weighted by atomic mass is 16.4. The highest BCUT2D eigenvalue weighted by molar-refractivity contribution is 5.75. The lowest BCUT2D eigenvalue weighted by atomic mass is 9.96. The number of carboxylic acids is 1. The fraction of sp³-hybridized carbons (Fsp3) is 0.588. The summed E-state index contributed by atoms with van der Waals surface area (Å²) >= 11 is 0. The first kappa shape index (κ1) is 15.8. The number of urea groups is 1. The number of rotatable bonds is 3. The number of nitrogens with zero attached hydrogens (tertiary/aromatic N) is 2. The smallest absolute Gasteiger partial charge is 0.317 e. The van der Waals surface area contributed by atoms with Crippen molar-refractivity contribution in [2.45, 2.75) is 45.1 Å². The average molecular weight is 317 g/mol. The van der Waals surface area contributed by atoms with E-state index in [0.717, 1.165) is 18.5 Å². The van der Waals surface area contributed by atoms with Crippen LogP contribution in [-0.4, -0.2) is 40.1 Å². The number of nitrogens with one attached hydrogen (secondary N) is 1. The third-order valence-electron chi connectivity index (χ3n) is 4.79. The molecule has 2 N–H and O–H groups in total. The molecule has 2 heterocycles. The van der Waals surface area contributed by atoms with Crippen molar-refractivity contribution in [3.8, 4) is 0 Å². The molecule has 0 atom stereocenters. The first-order chi connectivity index (χ1) is 11.1. The van der Waals surface area contributed by atoms with Crippen LogP contribution in [0, 0.1) is 5.92 Å². The number of aromatic nitrogens is 1. The van der Waals surface area contributed by atoms with E-state index in [1.807, 2.05) is 6.07 Å². The van der Waals surface area contributed by atoms with Crippen LogP contribution >= 0.6 is 0 Å². The number of hydrogen-bond donors (Lipinski definition) is 2. The summed E-state index contributed by atoms with van der Waals surface area (Å²) in [6.07, 6.45) is 5.61. The molecule has 0 aromatic carbocycles. The normalized spacial score (nSPS) is 18.3. The summed E-state index contributed by atoms with van der Waals surface area (Å²) < 4.78 is 0. The molecule has 1 aliphatic heterocycles. The van der Waals surface area contributed by atoms with Crippen LogP contribution in [0.5, 0.6) is 0 Å². The number of amides is 2. The van der Waals surface area contributed by atoms with E-state index < -0.39 is 5.97 Å². The maximum Gasteiger partial charge on any atom is 0.317 e. The van der Waals surface area contributed by atoms with Gasteiger partial charge in [0.15, 0.2) is 0 Å².